The smallest absolute Gasteiger partial charge is 0.405 e. The second-order valence-corrected chi connectivity index (χ2v) is 4.34. The van der Waals surface area contributed by atoms with Gasteiger partial charge in [0.05, 0.1) is 16.5 Å². The zero-order valence-electron chi connectivity index (χ0n) is 9.53. The molecule has 0 aliphatic rings. The second kappa shape index (κ2) is 4.70. The molecule has 2 rings (SSSR count). The summed E-state index contributed by atoms with van der Waals surface area (Å²) < 4.78 is 0. The maximum Gasteiger partial charge on any atom is 0.405 e. The van der Waals surface area contributed by atoms with E-state index in [-0.39, 0.29) is 5.56 Å². The van der Waals surface area contributed by atoms with Crippen molar-refractivity contribution >= 4 is 28.5 Å². The minimum atomic E-state index is -1.14. The highest BCUT2D eigenvalue weighted by Crippen LogP contribution is 2.21. The van der Waals surface area contributed by atoms with Crippen LogP contribution in [-0.4, -0.2) is 16.2 Å². The monoisotopic (exact) mass is 266 g/mol. The molecule has 0 saturated heterocycles. The molecule has 5 nitrogen and oxygen atoms in total. The SMILES string of the molecule is C[C@H](NC(=O)O)c1cc2cccc(Cl)c2c(=O)[nH]1. The number of rotatable bonds is 2. The summed E-state index contributed by atoms with van der Waals surface area (Å²) in [5.41, 5.74) is 0.171. The van der Waals surface area contributed by atoms with E-state index in [1.54, 1.807) is 31.2 Å². The summed E-state index contributed by atoms with van der Waals surface area (Å²) >= 11 is 5.95. The molecule has 1 heterocycles. The number of H-pyrrole nitrogens is 1. The molecule has 0 fully saturated rings. The Labute approximate surface area is 107 Å². The van der Waals surface area contributed by atoms with Crippen molar-refractivity contribution in [1.82, 2.24) is 10.3 Å². The average molecular weight is 267 g/mol. The third-order valence-corrected chi connectivity index (χ3v) is 2.96. The Bertz CT molecular complexity index is 666. The molecule has 0 spiro atoms. The lowest BCUT2D eigenvalue weighted by molar-refractivity contribution is 0.190. The van der Waals surface area contributed by atoms with Crippen molar-refractivity contribution in [1.29, 1.82) is 0 Å². The lowest BCUT2D eigenvalue weighted by atomic mass is 10.1. The maximum atomic E-state index is 11.9. The molecule has 1 amide bonds. The molecule has 1 aromatic heterocycles. The van der Waals surface area contributed by atoms with E-state index in [0.29, 0.717) is 21.5 Å². The topological polar surface area (TPSA) is 82.2 Å². The van der Waals surface area contributed by atoms with Gasteiger partial charge in [0.15, 0.2) is 0 Å². The first-order valence-corrected chi connectivity index (χ1v) is 5.67. The number of nitrogens with one attached hydrogen (secondary N) is 2. The highest BCUT2D eigenvalue weighted by atomic mass is 35.5. The van der Waals surface area contributed by atoms with Gasteiger partial charge in [-0.1, -0.05) is 23.7 Å². The lowest BCUT2D eigenvalue weighted by Gasteiger charge is -2.12. The zero-order valence-corrected chi connectivity index (χ0v) is 10.3. The molecule has 0 aliphatic carbocycles. The number of fused-ring (bicyclic) bond motifs is 1. The highest BCUT2D eigenvalue weighted by Gasteiger charge is 2.12. The number of aromatic amines is 1. The van der Waals surface area contributed by atoms with E-state index in [4.69, 9.17) is 16.7 Å². The molecular weight excluding hydrogens is 256 g/mol. The molecule has 6 heteroatoms. The summed E-state index contributed by atoms with van der Waals surface area (Å²) in [5, 5.41) is 12.4. The minimum absolute atomic E-state index is 0.327. The van der Waals surface area contributed by atoms with Gasteiger partial charge in [-0.2, -0.15) is 0 Å². The van der Waals surface area contributed by atoms with Crippen LogP contribution in [0, 0.1) is 0 Å². The van der Waals surface area contributed by atoms with Gasteiger partial charge in [0.2, 0.25) is 0 Å². The zero-order chi connectivity index (χ0) is 13.3. The van der Waals surface area contributed by atoms with Crippen LogP contribution >= 0.6 is 11.6 Å². The van der Waals surface area contributed by atoms with Gasteiger partial charge < -0.3 is 15.4 Å². The Morgan fingerprint density at radius 3 is 2.89 bits per heavy atom. The molecular formula is C12H11ClN2O3. The van der Waals surface area contributed by atoms with Crippen LogP contribution < -0.4 is 10.9 Å². The van der Waals surface area contributed by atoms with E-state index in [2.05, 4.69) is 10.3 Å². The predicted molar refractivity (Wildman–Crippen MR) is 69.2 cm³/mol. The minimum Gasteiger partial charge on any atom is -0.465 e. The number of carbonyl (C=O) groups is 1. The van der Waals surface area contributed by atoms with Crippen LogP contribution in [-0.2, 0) is 0 Å². The van der Waals surface area contributed by atoms with Crippen LogP contribution in [0.1, 0.15) is 18.7 Å². The highest BCUT2D eigenvalue weighted by molar-refractivity contribution is 6.35. The Kier molecular flexibility index (Phi) is 3.25. The second-order valence-electron chi connectivity index (χ2n) is 3.93. The number of amides is 1. The fourth-order valence-electron chi connectivity index (χ4n) is 1.79. The summed E-state index contributed by atoms with van der Waals surface area (Å²) in [7, 11) is 0. The van der Waals surface area contributed by atoms with E-state index in [0.717, 1.165) is 0 Å². The Hall–Kier alpha value is -2.01. The van der Waals surface area contributed by atoms with Crippen molar-refractivity contribution < 1.29 is 9.90 Å². The van der Waals surface area contributed by atoms with Crippen LogP contribution in [0.2, 0.25) is 5.02 Å². The summed E-state index contributed by atoms with van der Waals surface area (Å²) in [6.45, 7) is 1.65. The molecule has 0 aliphatic heterocycles. The van der Waals surface area contributed by atoms with Crippen LogP contribution in [0.3, 0.4) is 0 Å². The predicted octanol–water partition coefficient (Wildman–Crippen LogP) is 2.51. The molecule has 0 unspecified atom stereocenters. The standard InChI is InChI=1S/C12H11ClN2O3/c1-6(14-12(17)18)9-5-7-3-2-4-8(13)10(7)11(16)15-9/h2-6,14H,1H3,(H,15,16)(H,17,18)/t6-/m0/s1. The van der Waals surface area contributed by atoms with E-state index in [9.17, 15) is 9.59 Å². The molecule has 0 radical (unpaired) electrons. The van der Waals surface area contributed by atoms with E-state index in [1.165, 1.54) is 0 Å². The fourth-order valence-corrected chi connectivity index (χ4v) is 2.06. The van der Waals surface area contributed by atoms with Crippen molar-refractivity contribution in [2.45, 2.75) is 13.0 Å². The molecule has 1 aromatic carbocycles. The largest absolute Gasteiger partial charge is 0.465 e. The molecule has 2 aromatic rings. The maximum absolute atomic E-state index is 11.9. The summed E-state index contributed by atoms with van der Waals surface area (Å²) in [6.07, 6.45) is -1.14. The number of aromatic nitrogens is 1. The van der Waals surface area contributed by atoms with Gasteiger partial charge in [-0.05, 0) is 24.4 Å². The third kappa shape index (κ3) is 2.31. The Morgan fingerprint density at radius 1 is 1.50 bits per heavy atom. The third-order valence-electron chi connectivity index (χ3n) is 2.65. The van der Waals surface area contributed by atoms with Gasteiger partial charge in [-0.25, -0.2) is 4.79 Å². The number of hydrogen-bond donors (Lipinski definition) is 3. The van der Waals surface area contributed by atoms with Crippen molar-refractivity contribution in [3.05, 3.63) is 45.3 Å². The first-order chi connectivity index (χ1) is 8.49. The van der Waals surface area contributed by atoms with Gasteiger partial charge in [0.1, 0.15) is 0 Å². The van der Waals surface area contributed by atoms with Crippen molar-refractivity contribution in [3.8, 4) is 0 Å². The number of pyridine rings is 1. The number of hydrogen-bond acceptors (Lipinski definition) is 2. The average Bonchev–Trinajstić information content (AvgIpc) is 2.27. The summed E-state index contributed by atoms with van der Waals surface area (Å²) in [4.78, 5) is 25.1. The Morgan fingerprint density at radius 2 is 2.22 bits per heavy atom. The van der Waals surface area contributed by atoms with E-state index < -0.39 is 12.1 Å². The van der Waals surface area contributed by atoms with E-state index >= 15 is 0 Å². The quantitative estimate of drug-likeness (QED) is 0.781. The van der Waals surface area contributed by atoms with Gasteiger partial charge in [-0.15, -0.1) is 0 Å². The number of benzene rings is 1. The van der Waals surface area contributed by atoms with Crippen LogP contribution in [0.25, 0.3) is 10.8 Å². The summed E-state index contributed by atoms with van der Waals surface area (Å²) in [6, 6.07) is 6.34. The van der Waals surface area contributed by atoms with Crippen molar-refractivity contribution in [2.75, 3.05) is 0 Å². The lowest BCUT2D eigenvalue weighted by Crippen LogP contribution is -2.26. The van der Waals surface area contributed by atoms with E-state index in [1.807, 2.05) is 0 Å². The molecule has 3 N–H and O–H groups in total. The van der Waals surface area contributed by atoms with Crippen LogP contribution in [0.4, 0.5) is 4.79 Å². The first kappa shape index (κ1) is 12.4. The van der Waals surface area contributed by atoms with Crippen molar-refractivity contribution in [3.63, 3.8) is 0 Å². The molecule has 18 heavy (non-hydrogen) atoms. The fraction of sp³-hybridized carbons (Fsp3) is 0.167. The number of carboxylic acid groups (broad SMARTS) is 1. The molecule has 0 saturated carbocycles. The number of halogens is 1. The molecule has 94 valence electrons. The first-order valence-electron chi connectivity index (χ1n) is 5.30. The Balaban J connectivity index is 2.56. The van der Waals surface area contributed by atoms with Crippen LogP contribution in [0.5, 0.6) is 0 Å². The van der Waals surface area contributed by atoms with Gasteiger partial charge in [-0.3, -0.25) is 4.79 Å². The van der Waals surface area contributed by atoms with Gasteiger partial charge in [0, 0.05) is 5.69 Å². The van der Waals surface area contributed by atoms with Gasteiger partial charge in [0.25, 0.3) is 5.56 Å². The normalized spacial score (nSPS) is 12.3. The molecule has 1 atom stereocenters. The summed E-state index contributed by atoms with van der Waals surface area (Å²) in [5.74, 6) is 0. The van der Waals surface area contributed by atoms with Crippen molar-refractivity contribution in [2.24, 2.45) is 0 Å². The van der Waals surface area contributed by atoms with Gasteiger partial charge >= 0.3 is 6.09 Å². The molecule has 0 bridgehead atoms. The van der Waals surface area contributed by atoms with Crippen LogP contribution in [0.15, 0.2) is 29.1 Å².